The fourth-order valence-electron chi connectivity index (χ4n) is 0.727. The monoisotopic (exact) mass is 196 g/mol. The van der Waals surface area contributed by atoms with Crippen LogP contribution in [-0.2, 0) is 4.79 Å². The van der Waals surface area contributed by atoms with E-state index in [9.17, 15) is 4.79 Å². The van der Waals surface area contributed by atoms with Crippen molar-refractivity contribution in [2.75, 3.05) is 5.32 Å². The van der Waals surface area contributed by atoms with E-state index in [0.29, 0.717) is 5.69 Å². The molecule has 5 nitrogen and oxygen atoms in total. The summed E-state index contributed by atoms with van der Waals surface area (Å²) in [6.45, 7) is 0. The summed E-state index contributed by atoms with van der Waals surface area (Å²) in [7, 11) is 0. The van der Waals surface area contributed by atoms with Gasteiger partial charge in [0.05, 0.1) is 29.5 Å². The van der Waals surface area contributed by atoms with Gasteiger partial charge in [-0.2, -0.15) is 0 Å². The zero-order chi connectivity index (χ0) is 9.68. The first-order valence-electron chi connectivity index (χ1n) is 3.51. The van der Waals surface area contributed by atoms with Crippen molar-refractivity contribution >= 4 is 28.8 Å². The van der Waals surface area contributed by atoms with Crippen LogP contribution in [0.5, 0.6) is 0 Å². The van der Waals surface area contributed by atoms with E-state index in [2.05, 4.69) is 27.5 Å². The molecule has 0 fully saturated rings. The van der Waals surface area contributed by atoms with Gasteiger partial charge in [0.25, 0.3) is 0 Å². The number of rotatable bonds is 3. The van der Waals surface area contributed by atoms with E-state index in [1.54, 1.807) is 0 Å². The minimum atomic E-state index is -0.262. The number of aromatic nitrogens is 2. The molecule has 13 heavy (non-hydrogen) atoms. The van der Waals surface area contributed by atoms with Crippen LogP contribution in [0.4, 0.5) is 5.69 Å². The van der Waals surface area contributed by atoms with Crippen LogP contribution in [-0.4, -0.2) is 20.9 Å². The number of nitrogens with one attached hydrogen (secondary N) is 1. The van der Waals surface area contributed by atoms with Gasteiger partial charge in [-0.25, -0.2) is 9.97 Å². The smallest absolute Gasteiger partial charge is 0.231 e. The van der Waals surface area contributed by atoms with Gasteiger partial charge in [-0.3, -0.25) is 4.79 Å². The Morgan fingerprint density at radius 1 is 1.54 bits per heavy atom. The van der Waals surface area contributed by atoms with Crippen molar-refractivity contribution in [3.63, 3.8) is 0 Å². The summed E-state index contributed by atoms with van der Waals surface area (Å²) >= 11 is 4.57. The third kappa shape index (κ3) is 3.57. The number of amides is 1. The molecule has 0 unspecified atom stereocenters. The minimum Gasteiger partial charge on any atom is -0.393 e. The predicted octanol–water partition coefficient (Wildman–Crippen LogP) is 0.0913. The molecule has 0 aliphatic carbocycles. The number of anilines is 1. The summed E-state index contributed by atoms with van der Waals surface area (Å²) in [5.41, 5.74) is 5.72. The average molecular weight is 196 g/mol. The normalized spacial score (nSPS) is 9.23. The molecule has 6 heteroatoms. The van der Waals surface area contributed by atoms with E-state index in [1.165, 1.54) is 18.7 Å². The maximum absolute atomic E-state index is 11.1. The fourth-order valence-corrected chi connectivity index (χ4v) is 0.858. The first-order chi connectivity index (χ1) is 6.18. The molecule has 0 spiro atoms. The molecule has 0 bridgehead atoms. The molecular formula is C7H8N4OS. The standard InChI is InChI=1S/C7H8N4OS/c8-6(13)1-7(12)11-5-2-9-4-10-3-5/h2-4H,1H2,(H2,8,13)(H,11,12). The van der Waals surface area contributed by atoms with Crippen LogP contribution in [0.1, 0.15) is 6.42 Å². The summed E-state index contributed by atoms with van der Waals surface area (Å²) in [5.74, 6) is -0.262. The minimum absolute atomic E-state index is 0.0320. The number of carbonyl (C=O) groups excluding carboxylic acids is 1. The highest BCUT2D eigenvalue weighted by Crippen LogP contribution is 2.00. The Hall–Kier alpha value is -1.56. The lowest BCUT2D eigenvalue weighted by Gasteiger charge is -2.01. The topological polar surface area (TPSA) is 80.9 Å². The molecular weight excluding hydrogens is 188 g/mol. The molecule has 1 amide bonds. The van der Waals surface area contributed by atoms with Crippen LogP contribution in [0, 0.1) is 0 Å². The zero-order valence-corrected chi connectivity index (χ0v) is 7.54. The number of thiocarbonyl (C=S) groups is 1. The lowest BCUT2D eigenvalue weighted by Crippen LogP contribution is -2.20. The van der Waals surface area contributed by atoms with Crippen LogP contribution in [0.15, 0.2) is 18.7 Å². The second-order valence-corrected chi connectivity index (χ2v) is 2.84. The Balaban J connectivity index is 2.50. The van der Waals surface area contributed by atoms with Gasteiger partial charge in [-0.1, -0.05) is 12.2 Å². The third-order valence-electron chi connectivity index (χ3n) is 1.18. The van der Waals surface area contributed by atoms with E-state index in [4.69, 9.17) is 5.73 Å². The van der Waals surface area contributed by atoms with Crippen molar-refractivity contribution in [3.05, 3.63) is 18.7 Å². The molecule has 1 heterocycles. The second kappa shape index (κ2) is 4.46. The molecule has 0 aliphatic heterocycles. The number of carbonyl (C=O) groups is 1. The van der Waals surface area contributed by atoms with E-state index < -0.39 is 0 Å². The van der Waals surface area contributed by atoms with E-state index in [-0.39, 0.29) is 17.3 Å². The highest BCUT2D eigenvalue weighted by Gasteiger charge is 2.03. The molecule has 0 saturated heterocycles. The number of hydrogen-bond donors (Lipinski definition) is 2. The maximum Gasteiger partial charge on any atom is 0.231 e. The van der Waals surface area contributed by atoms with Gasteiger partial charge in [0.1, 0.15) is 6.33 Å². The second-order valence-electron chi connectivity index (χ2n) is 2.32. The lowest BCUT2D eigenvalue weighted by atomic mass is 10.4. The molecule has 1 aromatic heterocycles. The van der Waals surface area contributed by atoms with E-state index in [1.807, 2.05) is 0 Å². The molecule has 0 aromatic carbocycles. The van der Waals surface area contributed by atoms with E-state index in [0.717, 1.165) is 0 Å². The summed E-state index contributed by atoms with van der Waals surface area (Å²) in [5, 5.41) is 2.54. The Morgan fingerprint density at radius 3 is 2.69 bits per heavy atom. The van der Waals surface area contributed by atoms with Gasteiger partial charge in [-0.15, -0.1) is 0 Å². The van der Waals surface area contributed by atoms with Crippen molar-refractivity contribution in [3.8, 4) is 0 Å². The van der Waals surface area contributed by atoms with Gasteiger partial charge in [0.2, 0.25) is 5.91 Å². The van der Waals surface area contributed by atoms with Crippen LogP contribution in [0.3, 0.4) is 0 Å². The summed E-state index contributed by atoms with van der Waals surface area (Å²) in [6, 6.07) is 0. The van der Waals surface area contributed by atoms with Crippen LogP contribution in [0.25, 0.3) is 0 Å². The number of nitrogens with two attached hydrogens (primary N) is 1. The van der Waals surface area contributed by atoms with Gasteiger partial charge in [0, 0.05) is 0 Å². The number of hydrogen-bond acceptors (Lipinski definition) is 4. The molecule has 0 saturated carbocycles. The van der Waals surface area contributed by atoms with E-state index >= 15 is 0 Å². The largest absolute Gasteiger partial charge is 0.393 e. The van der Waals surface area contributed by atoms with Crippen LogP contribution in [0.2, 0.25) is 0 Å². The van der Waals surface area contributed by atoms with Crippen molar-refractivity contribution in [1.82, 2.24) is 9.97 Å². The SMILES string of the molecule is NC(=S)CC(=O)Nc1cncnc1. The maximum atomic E-state index is 11.1. The molecule has 1 aromatic rings. The van der Waals surface area contributed by atoms with Crippen molar-refractivity contribution in [2.24, 2.45) is 5.73 Å². The number of nitrogens with zero attached hydrogens (tertiary/aromatic N) is 2. The Morgan fingerprint density at radius 2 is 2.15 bits per heavy atom. The highest BCUT2D eigenvalue weighted by molar-refractivity contribution is 7.80. The van der Waals surface area contributed by atoms with Gasteiger partial charge < -0.3 is 11.1 Å². The molecule has 68 valence electrons. The molecule has 0 radical (unpaired) electrons. The Bertz CT molecular complexity index is 314. The summed E-state index contributed by atoms with van der Waals surface area (Å²) < 4.78 is 0. The fraction of sp³-hybridized carbons (Fsp3) is 0.143. The van der Waals surface area contributed by atoms with Gasteiger partial charge >= 0.3 is 0 Å². The molecule has 0 aliphatic rings. The van der Waals surface area contributed by atoms with Crippen LogP contribution < -0.4 is 11.1 Å². The van der Waals surface area contributed by atoms with Gasteiger partial charge in [-0.05, 0) is 0 Å². The molecule has 0 atom stereocenters. The first kappa shape index (κ1) is 9.53. The highest BCUT2D eigenvalue weighted by atomic mass is 32.1. The van der Waals surface area contributed by atoms with Crippen molar-refractivity contribution in [1.29, 1.82) is 0 Å². The first-order valence-corrected chi connectivity index (χ1v) is 3.92. The Labute approximate surface area is 80.4 Å². The molecule has 3 N–H and O–H groups in total. The zero-order valence-electron chi connectivity index (χ0n) is 6.73. The lowest BCUT2D eigenvalue weighted by molar-refractivity contribution is -0.115. The quantitative estimate of drug-likeness (QED) is 0.670. The average Bonchev–Trinajstić information content (AvgIpc) is 2.04. The summed E-state index contributed by atoms with van der Waals surface area (Å²) in [6.07, 6.45) is 4.39. The third-order valence-corrected chi connectivity index (χ3v) is 1.32. The van der Waals surface area contributed by atoms with Crippen molar-refractivity contribution < 1.29 is 4.79 Å². The van der Waals surface area contributed by atoms with Crippen LogP contribution >= 0.6 is 12.2 Å². The molecule has 1 rings (SSSR count). The predicted molar refractivity (Wildman–Crippen MR) is 52.1 cm³/mol. The van der Waals surface area contributed by atoms with Gasteiger partial charge in [0.15, 0.2) is 0 Å². The Kier molecular flexibility index (Phi) is 3.27. The summed E-state index contributed by atoms with van der Waals surface area (Å²) in [4.78, 5) is 18.7. The van der Waals surface area contributed by atoms with Crippen molar-refractivity contribution in [2.45, 2.75) is 6.42 Å².